The SMILES string of the molecule is c1ccc(-c2ccc(N(c3ccc(N(c4ccccc4)c4ccc5c6ccccc6n(-c6ccccc6)c5c4)cc3)c3cccc4oc5cc6ccccc6cc5c34)cc2)cc1. The number of hydrogen-bond acceptors (Lipinski definition) is 3. The Morgan fingerprint density at radius 2 is 0.871 bits per heavy atom. The summed E-state index contributed by atoms with van der Waals surface area (Å²) < 4.78 is 8.98. The molecule has 10 aromatic carbocycles. The number of anilines is 6. The van der Waals surface area contributed by atoms with Crippen molar-refractivity contribution in [2.45, 2.75) is 0 Å². The minimum atomic E-state index is 0.855. The Kier molecular flexibility index (Phi) is 8.46. The highest BCUT2D eigenvalue weighted by Crippen LogP contribution is 2.46. The van der Waals surface area contributed by atoms with Crippen molar-refractivity contribution >= 4 is 88.6 Å². The molecule has 12 rings (SSSR count). The van der Waals surface area contributed by atoms with Crippen LogP contribution in [0.25, 0.3) is 71.3 Å². The van der Waals surface area contributed by atoms with E-state index in [2.05, 4.69) is 251 Å². The van der Waals surface area contributed by atoms with Crippen molar-refractivity contribution in [3.63, 3.8) is 0 Å². The first kappa shape index (κ1) is 35.6. The van der Waals surface area contributed by atoms with Gasteiger partial charge < -0.3 is 18.8 Å². The summed E-state index contributed by atoms with van der Waals surface area (Å²) in [6.07, 6.45) is 0. The van der Waals surface area contributed by atoms with Gasteiger partial charge in [0.1, 0.15) is 11.2 Å². The second-order valence-electron chi connectivity index (χ2n) is 15.8. The van der Waals surface area contributed by atoms with Crippen molar-refractivity contribution in [2.24, 2.45) is 0 Å². The standard InChI is InChI=1S/C58H39N3O/c1-4-15-40(16-5-1)41-27-29-47(30-28-41)60(54-25-14-26-56-58(54)52-37-42-17-10-11-18-43(42)38-57(52)62-56)48-33-31-46(32-34-48)59(44-19-6-2-7-20-44)49-35-36-51-50-23-12-13-24-53(50)61(55(51)39-49)45-21-8-3-9-22-45/h1-39H. The third kappa shape index (κ3) is 6.00. The van der Waals surface area contributed by atoms with Crippen LogP contribution in [0.2, 0.25) is 0 Å². The zero-order chi connectivity index (χ0) is 41.0. The van der Waals surface area contributed by atoms with Crippen molar-refractivity contribution < 1.29 is 4.42 Å². The predicted octanol–water partition coefficient (Wildman–Crippen LogP) is 16.4. The predicted molar refractivity (Wildman–Crippen MR) is 260 cm³/mol. The molecule has 292 valence electrons. The van der Waals surface area contributed by atoms with E-state index in [0.717, 1.165) is 72.7 Å². The van der Waals surface area contributed by atoms with Crippen molar-refractivity contribution in [2.75, 3.05) is 9.80 Å². The lowest BCUT2D eigenvalue weighted by Crippen LogP contribution is -2.12. The van der Waals surface area contributed by atoms with Crippen molar-refractivity contribution in [3.8, 4) is 16.8 Å². The van der Waals surface area contributed by atoms with E-state index in [4.69, 9.17) is 4.42 Å². The fourth-order valence-electron chi connectivity index (χ4n) is 9.27. The number of aromatic nitrogens is 1. The number of nitrogens with zero attached hydrogens (tertiary/aromatic N) is 3. The second-order valence-corrected chi connectivity index (χ2v) is 15.8. The lowest BCUT2D eigenvalue weighted by atomic mass is 10.0. The smallest absolute Gasteiger partial charge is 0.137 e. The summed E-state index contributed by atoms with van der Waals surface area (Å²) in [5, 5.41) is 6.98. The van der Waals surface area contributed by atoms with Gasteiger partial charge in [-0.1, -0.05) is 133 Å². The van der Waals surface area contributed by atoms with Crippen LogP contribution >= 0.6 is 0 Å². The Balaban J connectivity index is 1.02. The number of fused-ring (bicyclic) bond motifs is 7. The summed E-state index contributed by atoms with van der Waals surface area (Å²) in [6.45, 7) is 0. The topological polar surface area (TPSA) is 24.6 Å². The Labute approximate surface area is 359 Å². The highest BCUT2D eigenvalue weighted by atomic mass is 16.3. The molecule has 0 unspecified atom stereocenters. The highest BCUT2D eigenvalue weighted by Gasteiger charge is 2.22. The number of benzene rings is 10. The molecule has 0 atom stereocenters. The molecule has 0 amide bonds. The Hall–Kier alpha value is -8.34. The maximum absolute atomic E-state index is 6.60. The van der Waals surface area contributed by atoms with Gasteiger partial charge in [-0.05, 0) is 125 Å². The van der Waals surface area contributed by atoms with Gasteiger partial charge in [-0.25, -0.2) is 0 Å². The summed E-state index contributed by atoms with van der Waals surface area (Å²) in [7, 11) is 0. The monoisotopic (exact) mass is 793 g/mol. The zero-order valence-electron chi connectivity index (χ0n) is 33.8. The fraction of sp³-hybridized carbons (Fsp3) is 0. The van der Waals surface area contributed by atoms with Gasteiger partial charge in [0.15, 0.2) is 0 Å². The van der Waals surface area contributed by atoms with E-state index in [9.17, 15) is 0 Å². The Bertz CT molecular complexity index is 3560. The van der Waals surface area contributed by atoms with E-state index in [-0.39, 0.29) is 0 Å². The number of para-hydroxylation sites is 3. The molecule has 12 aromatic rings. The molecule has 0 aliphatic carbocycles. The molecule has 2 aromatic heterocycles. The van der Waals surface area contributed by atoms with Gasteiger partial charge in [-0.2, -0.15) is 0 Å². The fourth-order valence-corrected chi connectivity index (χ4v) is 9.27. The maximum atomic E-state index is 6.60. The first-order chi connectivity index (χ1) is 30.7. The van der Waals surface area contributed by atoms with Gasteiger partial charge >= 0.3 is 0 Å². The molecule has 0 bridgehead atoms. The van der Waals surface area contributed by atoms with E-state index < -0.39 is 0 Å². The van der Waals surface area contributed by atoms with E-state index in [1.807, 2.05) is 0 Å². The largest absolute Gasteiger partial charge is 0.456 e. The third-order valence-corrected chi connectivity index (χ3v) is 12.1. The van der Waals surface area contributed by atoms with Crippen LogP contribution in [0, 0.1) is 0 Å². The lowest BCUT2D eigenvalue weighted by molar-refractivity contribution is 0.669. The van der Waals surface area contributed by atoms with Gasteiger partial charge in [0, 0.05) is 50.3 Å². The van der Waals surface area contributed by atoms with Crippen LogP contribution < -0.4 is 9.80 Å². The van der Waals surface area contributed by atoms with Crippen molar-refractivity contribution in [3.05, 3.63) is 237 Å². The summed E-state index contributed by atoms with van der Waals surface area (Å²) >= 11 is 0. The van der Waals surface area contributed by atoms with Crippen molar-refractivity contribution in [1.29, 1.82) is 0 Å². The third-order valence-electron chi connectivity index (χ3n) is 12.1. The minimum absolute atomic E-state index is 0.855. The van der Waals surface area contributed by atoms with Gasteiger partial charge in [0.25, 0.3) is 0 Å². The summed E-state index contributed by atoms with van der Waals surface area (Å²) in [5.41, 5.74) is 13.9. The van der Waals surface area contributed by atoms with Crippen LogP contribution in [0.3, 0.4) is 0 Å². The Morgan fingerprint density at radius 1 is 0.323 bits per heavy atom. The van der Waals surface area contributed by atoms with Gasteiger partial charge in [0.2, 0.25) is 0 Å². The van der Waals surface area contributed by atoms with Crippen LogP contribution in [0.1, 0.15) is 0 Å². The average molecular weight is 794 g/mol. The first-order valence-corrected chi connectivity index (χ1v) is 21.1. The molecule has 0 aliphatic rings. The minimum Gasteiger partial charge on any atom is -0.456 e. The maximum Gasteiger partial charge on any atom is 0.137 e. The molecule has 0 aliphatic heterocycles. The molecule has 2 heterocycles. The van der Waals surface area contributed by atoms with Crippen molar-refractivity contribution in [1.82, 2.24) is 4.57 Å². The van der Waals surface area contributed by atoms with Gasteiger partial charge in [-0.15, -0.1) is 0 Å². The van der Waals surface area contributed by atoms with Gasteiger partial charge in [0.05, 0.1) is 22.1 Å². The molecule has 0 spiro atoms. The molecule has 4 nitrogen and oxygen atoms in total. The Morgan fingerprint density at radius 3 is 1.61 bits per heavy atom. The van der Waals surface area contributed by atoms with Crippen LogP contribution in [-0.4, -0.2) is 4.57 Å². The summed E-state index contributed by atoms with van der Waals surface area (Å²) in [6, 6.07) is 84.6. The molecule has 0 fully saturated rings. The molecule has 0 saturated heterocycles. The average Bonchev–Trinajstić information content (AvgIpc) is 3.88. The molecule has 0 N–H and O–H groups in total. The van der Waals surface area contributed by atoms with Crippen LogP contribution in [0.5, 0.6) is 0 Å². The quantitative estimate of drug-likeness (QED) is 0.153. The number of furan rings is 1. The molecular weight excluding hydrogens is 755 g/mol. The van der Waals surface area contributed by atoms with E-state index >= 15 is 0 Å². The summed E-state index contributed by atoms with van der Waals surface area (Å²) in [5.74, 6) is 0. The van der Waals surface area contributed by atoms with Gasteiger partial charge in [-0.3, -0.25) is 0 Å². The molecular formula is C58H39N3O. The molecule has 4 heteroatoms. The van der Waals surface area contributed by atoms with Crippen LogP contribution in [-0.2, 0) is 0 Å². The normalized spacial score (nSPS) is 11.5. The summed E-state index contributed by atoms with van der Waals surface area (Å²) in [4.78, 5) is 4.72. The first-order valence-electron chi connectivity index (χ1n) is 21.1. The van der Waals surface area contributed by atoms with Crippen LogP contribution in [0.4, 0.5) is 34.1 Å². The molecule has 0 saturated carbocycles. The highest BCUT2D eigenvalue weighted by molar-refractivity contribution is 6.16. The lowest BCUT2D eigenvalue weighted by Gasteiger charge is -2.29. The van der Waals surface area contributed by atoms with E-state index in [1.165, 1.54) is 32.8 Å². The van der Waals surface area contributed by atoms with E-state index in [1.54, 1.807) is 0 Å². The van der Waals surface area contributed by atoms with E-state index in [0.29, 0.717) is 0 Å². The van der Waals surface area contributed by atoms with Crippen LogP contribution in [0.15, 0.2) is 241 Å². The zero-order valence-corrected chi connectivity index (χ0v) is 33.8. The molecule has 0 radical (unpaired) electrons. The number of hydrogen-bond donors (Lipinski definition) is 0. The second kappa shape index (κ2) is 14.7. The number of rotatable bonds is 8. The molecule has 62 heavy (non-hydrogen) atoms.